The van der Waals surface area contributed by atoms with Gasteiger partial charge in [0.1, 0.15) is 0 Å². The van der Waals surface area contributed by atoms with Crippen molar-refractivity contribution < 1.29 is 14.6 Å². The smallest absolute Gasteiger partial charge is 0.166 e. The van der Waals surface area contributed by atoms with Gasteiger partial charge in [-0.1, -0.05) is 47.5 Å². The van der Waals surface area contributed by atoms with Gasteiger partial charge in [0.05, 0.1) is 30.4 Å². The number of methoxy groups -OCH3 is 2. The molecule has 112 valence electrons. The zero-order chi connectivity index (χ0) is 15.4. The molecule has 0 heterocycles. The van der Waals surface area contributed by atoms with E-state index in [1.807, 2.05) is 6.07 Å². The molecule has 0 aliphatic carbocycles. The topological polar surface area (TPSA) is 38.7 Å². The van der Waals surface area contributed by atoms with Crippen molar-refractivity contribution in [3.8, 4) is 11.5 Å². The number of hydrogen-bond acceptors (Lipinski definition) is 3. The fourth-order valence-electron chi connectivity index (χ4n) is 2.20. The Balaban J connectivity index is 2.32. The van der Waals surface area contributed by atoms with Crippen LogP contribution < -0.4 is 9.47 Å². The van der Waals surface area contributed by atoms with E-state index in [4.69, 9.17) is 32.7 Å². The highest BCUT2D eigenvalue weighted by molar-refractivity contribution is 6.42. The molecule has 1 unspecified atom stereocenters. The van der Waals surface area contributed by atoms with Crippen LogP contribution in [0, 0.1) is 0 Å². The third-order valence-electron chi connectivity index (χ3n) is 3.24. The van der Waals surface area contributed by atoms with Crippen molar-refractivity contribution in [3.63, 3.8) is 0 Å². The summed E-state index contributed by atoms with van der Waals surface area (Å²) in [6, 6.07) is 10.7. The van der Waals surface area contributed by atoms with Crippen LogP contribution in [0.3, 0.4) is 0 Å². The van der Waals surface area contributed by atoms with Crippen molar-refractivity contribution in [2.45, 2.75) is 12.5 Å². The van der Waals surface area contributed by atoms with Crippen molar-refractivity contribution in [1.82, 2.24) is 0 Å². The summed E-state index contributed by atoms with van der Waals surface area (Å²) in [7, 11) is 3.10. The van der Waals surface area contributed by atoms with Gasteiger partial charge in [-0.05, 0) is 17.7 Å². The molecule has 0 spiro atoms. The molecule has 1 atom stereocenters. The van der Waals surface area contributed by atoms with Crippen LogP contribution in [0.2, 0.25) is 10.0 Å². The molecular formula is C16H16Cl2O3. The molecule has 1 N–H and O–H groups in total. The molecule has 0 aliphatic rings. The van der Waals surface area contributed by atoms with Crippen LogP contribution >= 0.6 is 23.2 Å². The second-order valence-electron chi connectivity index (χ2n) is 4.52. The molecular weight excluding hydrogens is 311 g/mol. The highest BCUT2D eigenvalue weighted by Crippen LogP contribution is 2.37. The van der Waals surface area contributed by atoms with Gasteiger partial charge in [-0.15, -0.1) is 0 Å². The Kier molecular flexibility index (Phi) is 5.34. The monoisotopic (exact) mass is 326 g/mol. The van der Waals surface area contributed by atoms with Gasteiger partial charge in [0, 0.05) is 12.0 Å². The molecule has 21 heavy (non-hydrogen) atoms. The first-order valence-corrected chi connectivity index (χ1v) is 7.16. The maximum absolute atomic E-state index is 10.5. The average molecular weight is 327 g/mol. The molecule has 0 amide bonds. The summed E-state index contributed by atoms with van der Waals surface area (Å²) in [6.07, 6.45) is -0.436. The van der Waals surface area contributed by atoms with Gasteiger partial charge in [0.2, 0.25) is 0 Å². The molecule has 2 rings (SSSR count). The summed E-state index contributed by atoms with van der Waals surface area (Å²) >= 11 is 12.1. The van der Waals surface area contributed by atoms with E-state index in [0.29, 0.717) is 33.5 Å². The molecule has 0 bridgehead atoms. The minimum atomic E-state index is -0.772. The first kappa shape index (κ1) is 16.0. The zero-order valence-corrected chi connectivity index (χ0v) is 13.3. The number of rotatable bonds is 5. The van der Waals surface area contributed by atoms with Gasteiger partial charge < -0.3 is 14.6 Å². The van der Waals surface area contributed by atoms with E-state index in [2.05, 4.69) is 0 Å². The lowest BCUT2D eigenvalue weighted by Gasteiger charge is -2.17. The first-order chi connectivity index (χ1) is 10.1. The molecule has 3 nitrogen and oxygen atoms in total. The van der Waals surface area contributed by atoms with Crippen LogP contribution in [0.5, 0.6) is 11.5 Å². The normalized spacial score (nSPS) is 12.0. The predicted molar refractivity (Wildman–Crippen MR) is 84.7 cm³/mol. The van der Waals surface area contributed by atoms with E-state index < -0.39 is 6.10 Å². The molecule has 0 radical (unpaired) electrons. The lowest BCUT2D eigenvalue weighted by atomic mass is 10.00. The van der Waals surface area contributed by atoms with Gasteiger partial charge >= 0.3 is 0 Å². The second-order valence-corrected chi connectivity index (χ2v) is 5.30. The summed E-state index contributed by atoms with van der Waals surface area (Å²) in [5, 5.41) is 11.4. The summed E-state index contributed by atoms with van der Waals surface area (Å²) in [5.74, 6) is 1.09. The lowest BCUT2D eigenvalue weighted by Crippen LogP contribution is -2.05. The number of halogens is 2. The first-order valence-electron chi connectivity index (χ1n) is 6.40. The Hall–Kier alpha value is -1.42. The summed E-state index contributed by atoms with van der Waals surface area (Å²) in [6.45, 7) is 0. The van der Waals surface area contributed by atoms with Crippen LogP contribution in [0.4, 0.5) is 0 Å². The van der Waals surface area contributed by atoms with Crippen molar-refractivity contribution in [2.24, 2.45) is 0 Å². The number of hydrogen-bond donors (Lipinski definition) is 1. The van der Waals surface area contributed by atoms with Crippen LogP contribution in [0.25, 0.3) is 0 Å². The van der Waals surface area contributed by atoms with E-state index in [9.17, 15) is 5.11 Å². The molecule has 0 aromatic heterocycles. The minimum absolute atomic E-state index is 0.336. The molecule has 2 aromatic rings. The number of aliphatic hydroxyl groups excluding tert-OH is 1. The fraction of sp³-hybridized carbons (Fsp3) is 0.250. The Morgan fingerprint density at radius 2 is 1.76 bits per heavy atom. The van der Waals surface area contributed by atoms with Crippen LogP contribution in [0.15, 0.2) is 36.4 Å². The molecule has 2 aromatic carbocycles. The van der Waals surface area contributed by atoms with Gasteiger partial charge in [-0.3, -0.25) is 0 Å². The van der Waals surface area contributed by atoms with E-state index in [1.165, 1.54) is 0 Å². The highest BCUT2D eigenvalue weighted by atomic mass is 35.5. The minimum Gasteiger partial charge on any atom is -0.493 e. The molecule has 0 saturated heterocycles. The summed E-state index contributed by atoms with van der Waals surface area (Å²) in [4.78, 5) is 0. The number of aliphatic hydroxyl groups is 1. The Morgan fingerprint density at radius 1 is 1.05 bits per heavy atom. The van der Waals surface area contributed by atoms with E-state index in [0.717, 1.165) is 5.56 Å². The van der Waals surface area contributed by atoms with Crippen molar-refractivity contribution in [2.75, 3.05) is 14.2 Å². The maximum atomic E-state index is 10.5. The predicted octanol–water partition coefficient (Wildman–Crippen LogP) is 4.29. The second kappa shape index (κ2) is 7.03. The number of para-hydroxylation sites is 1. The van der Waals surface area contributed by atoms with E-state index >= 15 is 0 Å². The zero-order valence-electron chi connectivity index (χ0n) is 11.8. The lowest BCUT2D eigenvalue weighted by molar-refractivity contribution is 0.173. The van der Waals surface area contributed by atoms with Crippen LogP contribution in [-0.4, -0.2) is 19.3 Å². The SMILES string of the molecule is COc1cccc(C(O)Cc2cccc(Cl)c2Cl)c1OC. The van der Waals surface area contributed by atoms with Gasteiger partial charge in [-0.25, -0.2) is 0 Å². The van der Waals surface area contributed by atoms with Crippen molar-refractivity contribution >= 4 is 23.2 Å². The largest absolute Gasteiger partial charge is 0.493 e. The quantitative estimate of drug-likeness (QED) is 0.890. The van der Waals surface area contributed by atoms with Gasteiger partial charge in [0.15, 0.2) is 11.5 Å². The fourth-order valence-corrected chi connectivity index (χ4v) is 2.60. The summed E-state index contributed by atoms with van der Waals surface area (Å²) < 4.78 is 10.6. The molecule has 5 heteroatoms. The number of ether oxygens (including phenoxy) is 2. The molecule has 0 aliphatic heterocycles. The number of benzene rings is 2. The van der Waals surface area contributed by atoms with Crippen LogP contribution in [-0.2, 0) is 6.42 Å². The summed E-state index contributed by atoms with van der Waals surface area (Å²) in [5.41, 5.74) is 1.43. The van der Waals surface area contributed by atoms with E-state index in [-0.39, 0.29) is 0 Å². The average Bonchev–Trinajstić information content (AvgIpc) is 2.50. The van der Waals surface area contributed by atoms with Gasteiger partial charge in [-0.2, -0.15) is 0 Å². The Bertz CT molecular complexity index is 629. The van der Waals surface area contributed by atoms with Crippen LogP contribution in [0.1, 0.15) is 17.2 Å². The van der Waals surface area contributed by atoms with Gasteiger partial charge in [0.25, 0.3) is 0 Å². The van der Waals surface area contributed by atoms with E-state index in [1.54, 1.807) is 44.6 Å². The van der Waals surface area contributed by atoms with Crippen molar-refractivity contribution in [3.05, 3.63) is 57.6 Å². The molecule has 0 fully saturated rings. The van der Waals surface area contributed by atoms with Crippen molar-refractivity contribution in [1.29, 1.82) is 0 Å². The molecule has 0 saturated carbocycles. The Labute approximate surface area is 134 Å². The third-order valence-corrected chi connectivity index (χ3v) is 4.10. The third kappa shape index (κ3) is 3.43. The Morgan fingerprint density at radius 3 is 2.43 bits per heavy atom. The maximum Gasteiger partial charge on any atom is 0.166 e. The highest BCUT2D eigenvalue weighted by Gasteiger charge is 2.18. The standard InChI is InChI=1S/C16H16Cl2O3/c1-20-14-8-4-6-11(16(14)21-2)13(19)9-10-5-3-7-12(17)15(10)18/h3-8,13,19H,9H2,1-2H3.